The number of ether oxygens (including phenoxy) is 2. The molecule has 0 radical (unpaired) electrons. The van der Waals surface area contributed by atoms with Crippen LogP contribution in [0.4, 0.5) is 0 Å². The first-order chi connectivity index (χ1) is 50.8. The monoisotopic (exact) mass is 1430 g/mol. The highest BCUT2D eigenvalue weighted by Crippen LogP contribution is 2.43. The second-order valence-corrected chi connectivity index (χ2v) is 30.1. The number of nitrogens with one attached hydrogen (secondary N) is 1. The maximum Gasteiger partial charge on any atom is 0.295 e. The van der Waals surface area contributed by atoms with E-state index < -0.39 is 30.7 Å². The van der Waals surface area contributed by atoms with Crippen LogP contribution < -0.4 is 31.8 Å². The first-order valence-corrected chi connectivity index (χ1v) is 37.7. The maximum absolute atomic E-state index is 14.3. The molecule has 6 heterocycles. The topological polar surface area (TPSA) is 239 Å². The number of rotatable bonds is 17. The highest BCUT2D eigenvalue weighted by Gasteiger charge is 2.41. The van der Waals surface area contributed by atoms with Gasteiger partial charge in [0.2, 0.25) is 0 Å². The molecule has 0 spiro atoms. The number of Topliss-reactive ketones (excluding diaryl/α,β-unsaturated/α-hetero) is 2. The van der Waals surface area contributed by atoms with E-state index in [0.29, 0.717) is 124 Å². The maximum atomic E-state index is 14.3. The van der Waals surface area contributed by atoms with Crippen LogP contribution in [-0.2, 0) is 18.8 Å². The summed E-state index contributed by atoms with van der Waals surface area (Å²) in [6.07, 6.45) is 3.58. The molecular formula is C84H93N10O10P. The molecule has 5 N–H and O–H groups in total. The van der Waals surface area contributed by atoms with Gasteiger partial charge >= 0.3 is 0 Å². The predicted molar refractivity (Wildman–Crippen MR) is 411 cm³/mol. The van der Waals surface area contributed by atoms with E-state index in [1.807, 2.05) is 70.5 Å². The Morgan fingerprint density at radius 2 is 0.819 bits per heavy atom. The summed E-state index contributed by atoms with van der Waals surface area (Å²) in [6, 6.07) is 66.8. The number of benzene rings is 8. The van der Waals surface area contributed by atoms with Crippen molar-refractivity contribution in [1.82, 2.24) is 39.1 Å². The molecule has 4 aliphatic heterocycles. The van der Waals surface area contributed by atoms with Crippen LogP contribution in [0.25, 0.3) is 21.8 Å². The molecule has 8 aromatic carbocycles. The Kier molecular flexibility index (Phi) is 23.1. The Hall–Kier alpha value is -10.5. The van der Waals surface area contributed by atoms with Gasteiger partial charge in [-0.2, -0.15) is 0 Å². The number of aryl methyl sites for hydroxylation is 1. The van der Waals surface area contributed by atoms with E-state index in [1.165, 1.54) is 34.0 Å². The predicted octanol–water partition coefficient (Wildman–Crippen LogP) is 12.2. The summed E-state index contributed by atoms with van der Waals surface area (Å²) >= 11 is 0. The molecule has 10 aromatic rings. The van der Waals surface area contributed by atoms with Crippen molar-refractivity contribution < 1.29 is 47.4 Å². The van der Waals surface area contributed by atoms with Crippen LogP contribution in [0.15, 0.2) is 206 Å². The van der Waals surface area contributed by atoms with Gasteiger partial charge in [-0.1, -0.05) is 158 Å². The zero-order valence-electron chi connectivity index (χ0n) is 60.9. The minimum Gasteiger partial charge on any atom is -0.496 e. The van der Waals surface area contributed by atoms with Crippen LogP contribution in [-0.4, -0.2) is 165 Å². The number of ketones is 2. The van der Waals surface area contributed by atoms with Crippen molar-refractivity contribution in [2.24, 2.45) is 5.90 Å². The van der Waals surface area contributed by atoms with Gasteiger partial charge in [-0.3, -0.25) is 47.8 Å². The second kappa shape index (κ2) is 32.7. The number of hydrogen-bond donors (Lipinski definition) is 3. The SMILES string of the molecule is COc1cc2[nH]c(C)c(C(=O)C(=O)N3CCCC3)c2cc1C(=O)N1C[C@H](C)N(C(c2ccccc2)c2ccccc2)C[C@H]1C.COc1cc2c(cc1C(=O)N1C[C@H](C)N(C(c3ccccc3)c3ccccc3)C[C@H]1C)c(C(=O)C(=O)N1CCCC1)c(C)n2N.NOP(=O)(c1ccccc1)c1ccccc1. The summed E-state index contributed by atoms with van der Waals surface area (Å²) in [6.45, 7) is 16.7. The van der Waals surface area contributed by atoms with Crippen molar-refractivity contribution in [3.05, 3.63) is 262 Å². The Morgan fingerprint density at radius 1 is 0.467 bits per heavy atom. The molecule has 20 nitrogen and oxygen atoms in total. The molecule has 4 atom stereocenters. The molecule has 0 bridgehead atoms. The lowest BCUT2D eigenvalue weighted by atomic mass is 9.93. The third kappa shape index (κ3) is 15.3. The number of aromatic nitrogens is 2. The largest absolute Gasteiger partial charge is 0.496 e. The Labute approximate surface area is 613 Å². The zero-order chi connectivity index (χ0) is 74.2. The first kappa shape index (κ1) is 74.3. The highest BCUT2D eigenvalue weighted by molar-refractivity contribution is 7.74. The second-order valence-electron chi connectivity index (χ2n) is 27.8. The van der Waals surface area contributed by atoms with E-state index >= 15 is 0 Å². The van der Waals surface area contributed by atoms with Crippen LogP contribution in [0.1, 0.15) is 141 Å². The van der Waals surface area contributed by atoms with Crippen molar-refractivity contribution >= 4 is 75.0 Å². The van der Waals surface area contributed by atoms with E-state index in [2.05, 4.69) is 140 Å². The van der Waals surface area contributed by atoms with Gasteiger partial charge in [-0.25, -0.2) is 10.5 Å². The Bertz CT molecular complexity index is 4680. The van der Waals surface area contributed by atoms with Crippen LogP contribution >= 0.6 is 7.37 Å². The van der Waals surface area contributed by atoms with Crippen molar-refractivity contribution in [1.29, 1.82) is 0 Å². The summed E-state index contributed by atoms with van der Waals surface area (Å²) < 4.78 is 30.2. The number of fused-ring (bicyclic) bond motifs is 2. The van der Waals surface area contributed by atoms with Gasteiger partial charge in [0.05, 0.1) is 59.6 Å². The molecule has 2 aromatic heterocycles. The van der Waals surface area contributed by atoms with E-state index in [9.17, 15) is 33.3 Å². The number of aromatic amines is 1. The average molecular weight is 1430 g/mol. The van der Waals surface area contributed by atoms with E-state index in [-0.39, 0.29) is 53.6 Å². The van der Waals surface area contributed by atoms with E-state index in [1.54, 1.807) is 79.3 Å². The minimum absolute atomic E-state index is 0.0435. The summed E-state index contributed by atoms with van der Waals surface area (Å²) in [7, 11) is -0.0608. The molecule has 21 heteroatoms. The van der Waals surface area contributed by atoms with Gasteiger partial charge < -0.3 is 39.9 Å². The molecule has 4 amide bonds. The molecule has 544 valence electrons. The molecule has 14 rings (SSSR count). The molecule has 4 saturated heterocycles. The number of likely N-dealkylation sites (tertiary alicyclic amines) is 2. The summed E-state index contributed by atoms with van der Waals surface area (Å²) in [5, 5.41) is 2.24. The fourth-order valence-electron chi connectivity index (χ4n) is 15.5. The number of nitrogen functional groups attached to an aromatic ring is 1. The number of piperazine rings is 2. The molecule has 4 fully saturated rings. The molecular weight excluding hydrogens is 1340 g/mol. The van der Waals surface area contributed by atoms with Gasteiger partial charge in [0, 0.05) is 121 Å². The number of carbonyl (C=O) groups is 6. The highest BCUT2D eigenvalue weighted by atomic mass is 31.2. The lowest BCUT2D eigenvalue weighted by molar-refractivity contribution is -0.126. The van der Waals surface area contributed by atoms with Gasteiger partial charge in [0.1, 0.15) is 11.5 Å². The normalized spacial score (nSPS) is 17.9. The number of nitrogens with two attached hydrogens (primary N) is 2. The summed E-state index contributed by atoms with van der Waals surface area (Å²) in [5.74, 6) is 9.90. The van der Waals surface area contributed by atoms with Crippen molar-refractivity contribution in [2.45, 2.75) is 103 Å². The summed E-state index contributed by atoms with van der Waals surface area (Å²) in [5.41, 5.74) is 8.40. The molecule has 0 saturated carbocycles. The molecule has 0 unspecified atom stereocenters. The van der Waals surface area contributed by atoms with Crippen LogP contribution in [0.3, 0.4) is 0 Å². The van der Waals surface area contributed by atoms with Crippen LogP contribution in [0.5, 0.6) is 11.5 Å². The average Bonchev–Trinajstić information content (AvgIpc) is 1.66. The summed E-state index contributed by atoms with van der Waals surface area (Å²) in [4.78, 5) is 97.0. The van der Waals surface area contributed by atoms with Crippen LogP contribution in [0, 0.1) is 13.8 Å². The lowest BCUT2D eigenvalue weighted by Crippen LogP contribution is -2.58. The number of methoxy groups -OCH3 is 2. The fraction of sp³-hybridized carbons (Fsp3) is 0.310. The van der Waals surface area contributed by atoms with Crippen molar-refractivity contribution in [2.75, 3.05) is 72.4 Å². The van der Waals surface area contributed by atoms with Crippen LogP contribution in [0.2, 0.25) is 0 Å². The molecule has 4 aliphatic rings. The molecule has 0 aliphatic carbocycles. The lowest BCUT2D eigenvalue weighted by Gasteiger charge is -2.47. The van der Waals surface area contributed by atoms with Gasteiger partial charge in [0.25, 0.3) is 42.6 Å². The standard InChI is InChI=1S/C36H41N5O4.C36H40N4O4.C12H12NO2P/c1-23-22-40(24(2)21-39(23)33(26-13-7-5-8-14-26)27-15-9-6-10-16-27)35(43)29-19-28-30(20-31(29)45-4)41(37)25(3)32(28)34(42)36(44)38-17-11-12-18-38;1-23-22-40(24(2)21-39(23)33(26-13-7-5-8-14-26)27-15-9-6-10-16-27)35(42)29-19-28-30(20-31(29)44-4)37-25(3)32(28)34(41)36(43)38-17-11-12-18-38;13-15-16(14,11-7-3-1-4-8-11)12-9-5-2-6-10-12/h5-10,13-16,19-20,23-24,33H,11-12,17-18,21-22,37H2,1-4H3;5-10,13-16,19-20,23-24,33,37H,11-12,17-18,21-22H2,1-4H3;1-10H,13H2/t2*23-,24+;/m00./s1. The van der Waals surface area contributed by atoms with E-state index in [4.69, 9.17) is 25.8 Å². The van der Waals surface area contributed by atoms with Gasteiger partial charge in [-0.05, 0) is 126 Å². The number of hydrogen-bond acceptors (Lipinski definition) is 14. The number of H-pyrrole nitrogens is 1. The number of carbonyl (C=O) groups excluding carboxylic acids is 6. The van der Waals surface area contributed by atoms with Gasteiger partial charge in [-0.15, -0.1) is 0 Å². The Balaban J connectivity index is 0.000000163. The minimum atomic E-state index is -3.13. The van der Waals surface area contributed by atoms with E-state index in [0.717, 1.165) is 25.7 Å². The number of nitrogens with zero attached hydrogens (tertiary/aromatic N) is 7. The third-order valence-corrected chi connectivity index (χ3v) is 23.3. The van der Waals surface area contributed by atoms with Crippen molar-refractivity contribution in [3.8, 4) is 11.5 Å². The Morgan fingerprint density at radius 3 is 1.19 bits per heavy atom. The molecule has 105 heavy (non-hydrogen) atoms. The fourth-order valence-corrected chi connectivity index (χ4v) is 17.2. The zero-order valence-corrected chi connectivity index (χ0v) is 61.8. The smallest absolute Gasteiger partial charge is 0.295 e. The van der Waals surface area contributed by atoms with Gasteiger partial charge in [0.15, 0.2) is 0 Å². The van der Waals surface area contributed by atoms with Crippen molar-refractivity contribution in [3.63, 3.8) is 0 Å². The number of amides is 4. The first-order valence-electron chi connectivity index (χ1n) is 36.0. The quantitative estimate of drug-likeness (QED) is 0.0253. The third-order valence-electron chi connectivity index (χ3n) is 21.0.